The summed E-state index contributed by atoms with van der Waals surface area (Å²) in [6.45, 7) is 11.5. The van der Waals surface area contributed by atoms with Gasteiger partial charge in [0, 0.05) is 28.8 Å². The maximum atomic E-state index is 5.42. The van der Waals surface area contributed by atoms with E-state index in [-0.39, 0.29) is 5.41 Å². The van der Waals surface area contributed by atoms with Crippen LogP contribution in [0.4, 0.5) is 0 Å². The van der Waals surface area contributed by atoms with Crippen molar-refractivity contribution in [3.05, 3.63) is 34.2 Å². The molecule has 0 atom stereocenters. The quantitative estimate of drug-likeness (QED) is 0.878. The highest BCUT2D eigenvalue weighted by atomic mass is 32.1. The smallest absolute Gasteiger partial charge is 0.0730 e. The first-order valence-corrected chi connectivity index (χ1v) is 8.03. The van der Waals surface area contributed by atoms with E-state index < -0.39 is 0 Å². The molecule has 0 aliphatic carbocycles. The topological polar surface area (TPSA) is 21.3 Å². The number of fused-ring (bicyclic) bond motifs is 1. The average Bonchev–Trinajstić information content (AvgIpc) is 2.73. The molecule has 1 aromatic heterocycles. The molecule has 0 fully saturated rings. The lowest BCUT2D eigenvalue weighted by Gasteiger charge is -2.19. The molecular weight excluding hydrogens is 266 g/mol. The second-order valence-electron chi connectivity index (χ2n) is 6.18. The van der Waals surface area contributed by atoms with Crippen LogP contribution in [0.25, 0.3) is 10.1 Å². The number of rotatable bonds is 5. The Bertz CT molecular complexity index is 580. The predicted octanol–water partition coefficient (Wildman–Crippen LogP) is 4.45. The van der Waals surface area contributed by atoms with Crippen LogP contribution in [0.3, 0.4) is 0 Å². The Labute approximate surface area is 126 Å². The van der Waals surface area contributed by atoms with Gasteiger partial charge < -0.3 is 10.1 Å². The number of hydrogen-bond donors (Lipinski definition) is 1. The Kier molecular flexibility index (Phi) is 4.84. The van der Waals surface area contributed by atoms with E-state index in [1.807, 2.05) is 11.3 Å². The summed E-state index contributed by atoms with van der Waals surface area (Å²) < 4.78 is 6.78. The average molecular weight is 291 g/mol. The Morgan fingerprint density at radius 3 is 2.60 bits per heavy atom. The van der Waals surface area contributed by atoms with Crippen LogP contribution < -0.4 is 5.32 Å². The fourth-order valence-electron chi connectivity index (χ4n) is 2.35. The molecule has 0 amide bonds. The SMILES string of the molecule is CCNCc1sc2ccc(C(C)(C)C)cc2c1COC. The number of hydrogen-bond acceptors (Lipinski definition) is 3. The first-order valence-electron chi connectivity index (χ1n) is 7.21. The molecule has 0 aliphatic heterocycles. The Morgan fingerprint density at radius 1 is 1.25 bits per heavy atom. The highest BCUT2D eigenvalue weighted by Gasteiger charge is 2.17. The van der Waals surface area contributed by atoms with Gasteiger partial charge in [-0.15, -0.1) is 11.3 Å². The number of thiophene rings is 1. The van der Waals surface area contributed by atoms with Gasteiger partial charge in [0.2, 0.25) is 0 Å². The number of methoxy groups -OCH3 is 1. The van der Waals surface area contributed by atoms with Crippen LogP contribution in [0.1, 0.15) is 43.7 Å². The third kappa shape index (κ3) is 3.22. The zero-order valence-electron chi connectivity index (χ0n) is 13.2. The lowest BCUT2D eigenvalue weighted by molar-refractivity contribution is 0.185. The van der Waals surface area contributed by atoms with Crippen LogP contribution in [0.2, 0.25) is 0 Å². The molecular formula is C17H25NOS. The molecule has 110 valence electrons. The van der Waals surface area contributed by atoms with Crippen LogP contribution in [-0.4, -0.2) is 13.7 Å². The Balaban J connectivity index is 2.51. The summed E-state index contributed by atoms with van der Waals surface area (Å²) in [6, 6.07) is 6.86. The van der Waals surface area contributed by atoms with Gasteiger partial charge in [-0.3, -0.25) is 0 Å². The van der Waals surface area contributed by atoms with Crippen molar-refractivity contribution in [1.82, 2.24) is 5.32 Å². The van der Waals surface area contributed by atoms with Crippen LogP contribution in [0.15, 0.2) is 18.2 Å². The minimum Gasteiger partial charge on any atom is -0.380 e. The standard InChI is InChI=1S/C17H25NOS/c1-6-18-10-16-14(11-19-5)13-9-12(17(2,3)4)7-8-15(13)20-16/h7-9,18H,6,10-11H2,1-5H3. The first-order chi connectivity index (χ1) is 9.47. The third-order valence-corrected chi connectivity index (χ3v) is 4.78. The number of benzene rings is 1. The molecule has 3 heteroatoms. The predicted molar refractivity (Wildman–Crippen MR) is 88.6 cm³/mol. The van der Waals surface area contributed by atoms with Gasteiger partial charge in [0.25, 0.3) is 0 Å². The summed E-state index contributed by atoms with van der Waals surface area (Å²) in [5.41, 5.74) is 2.91. The van der Waals surface area contributed by atoms with Crippen LogP contribution in [-0.2, 0) is 23.3 Å². The summed E-state index contributed by atoms with van der Waals surface area (Å²) in [6.07, 6.45) is 0. The van der Waals surface area contributed by atoms with Crippen molar-refractivity contribution in [3.63, 3.8) is 0 Å². The van der Waals surface area contributed by atoms with Crippen molar-refractivity contribution < 1.29 is 4.74 Å². The highest BCUT2D eigenvalue weighted by Crippen LogP contribution is 2.35. The number of ether oxygens (including phenoxy) is 1. The summed E-state index contributed by atoms with van der Waals surface area (Å²) in [5, 5.41) is 4.78. The monoisotopic (exact) mass is 291 g/mol. The van der Waals surface area contributed by atoms with Crippen molar-refractivity contribution in [2.45, 2.75) is 46.3 Å². The molecule has 0 aliphatic rings. The fourth-order valence-corrected chi connectivity index (χ4v) is 3.51. The van der Waals surface area contributed by atoms with Crippen LogP contribution in [0.5, 0.6) is 0 Å². The van der Waals surface area contributed by atoms with E-state index in [0.717, 1.165) is 13.1 Å². The Hall–Kier alpha value is -0.900. The maximum Gasteiger partial charge on any atom is 0.0730 e. The van der Waals surface area contributed by atoms with Crippen molar-refractivity contribution in [2.24, 2.45) is 0 Å². The first kappa shape index (κ1) is 15.5. The fraction of sp³-hybridized carbons (Fsp3) is 0.529. The van der Waals surface area contributed by atoms with E-state index in [2.05, 4.69) is 51.2 Å². The largest absolute Gasteiger partial charge is 0.380 e. The Morgan fingerprint density at radius 2 is 2.00 bits per heavy atom. The van der Waals surface area contributed by atoms with Crippen molar-refractivity contribution in [1.29, 1.82) is 0 Å². The molecule has 0 saturated carbocycles. The lowest BCUT2D eigenvalue weighted by Crippen LogP contribution is -2.12. The van der Waals surface area contributed by atoms with E-state index in [9.17, 15) is 0 Å². The van der Waals surface area contributed by atoms with Gasteiger partial charge in [0.1, 0.15) is 0 Å². The minimum atomic E-state index is 0.183. The lowest BCUT2D eigenvalue weighted by atomic mass is 9.86. The van der Waals surface area contributed by atoms with E-state index in [4.69, 9.17) is 4.74 Å². The van der Waals surface area contributed by atoms with E-state index in [0.29, 0.717) is 6.61 Å². The van der Waals surface area contributed by atoms with Crippen LogP contribution >= 0.6 is 11.3 Å². The maximum absolute atomic E-state index is 5.42. The van der Waals surface area contributed by atoms with E-state index in [1.54, 1.807) is 7.11 Å². The summed E-state index contributed by atoms with van der Waals surface area (Å²) in [7, 11) is 1.77. The normalized spacial score (nSPS) is 12.2. The zero-order chi connectivity index (χ0) is 14.8. The molecule has 1 heterocycles. The molecule has 0 unspecified atom stereocenters. The molecule has 1 aromatic carbocycles. The van der Waals surface area contributed by atoms with Gasteiger partial charge in [0.15, 0.2) is 0 Å². The van der Waals surface area contributed by atoms with E-state index in [1.165, 1.54) is 26.1 Å². The van der Waals surface area contributed by atoms with Gasteiger partial charge in [-0.25, -0.2) is 0 Å². The van der Waals surface area contributed by atoms with Crippen molar-refractivity contribution >= 4 is 21.4 Å². The van der Waals surface area contributed by atoms with Gasteiger partial charge in [-0.1, -0.05) is 33.8 Å². The highest BCUT2D eigenvalue weighted by molar-refractivity contribution is 7.19. The van der Waals surface area contributed by atoms with Gasteiger partial charge in [0.05, 0.1) is 6.61 Å². The van der Waals surface area contributed by atoms with Crippen molar-refractivity contribution in [2.75, 3.05) is 13.7 Å². The van der Waals surface area contributed by atoms with E-state index >= 15 is 0 Å². The second kappa shape index (κ2) is 6.25. The third-order valence-electron chi connectivity index (χ3n) is 3.56. The molecule has 1 N–H and O–H groups in total. The van der Waals surface area contributed by atoms with Gasteiger partial charge >= 0.3 is 0 Å². The second-order valence-corrected chi connectivity index (χ2v) is 7.31. The number of nitrogens with one attached hydrogen (secondary N) is 1. The molecule has 2 rings (SSSR count). The summed E-state index contributed by atoms with van der Waals surface area (Å²) in [5.74, 6) is 0. The van der Waals surface area contributed by atoms with Crippen molar-refractivity contribution in [3.8, 4) is 0 Å². The molecule has 0 spiro atoms. The summed E-state index contributed by atoms with van der Waals surface area (Å²) >= 11 is 1.88. The van der Waals surface area contributed by atoms with Gasteiger partial charge in [-0.05, 0) is 35.0 Å². The molecule has 20 heavy (non-hydrogen) atoms. The van der Waals surface area contributed by atoms with Gasteiger partial charge in [-0.2, -0.15) is 0 Å². The molecule has 0 bridgehead atoms. The minimum absolute atomic E-state index is 0.183. The van der Waals surface area contributed by atoms with Crippen LogP contribution in [0, 0.1) is 0 Å². The molecule has 2 nitrogen and oxygen atoms in total. The zero-order valence-corrected chi connectivity index (χ0v) is 14.0. The molecule has 2 aromatic rings. The molecule has 0 saturated heterocycles. The molecule has 0 radical (unpaired) electrons. The summed E-state index contributed by atoms with van der Waals surface area (Å²) in [4.78, 5) is 1.40.